The van der Waals surface area contributed by atoms with Crippen LogP contribution in [-0.4, -0.2) is 17.3 Å². The minimum absolute atomic E-state index is 0.0735. The van der Waals surface area contributed by atoms with Gasteiger partial charge >= 0.3 is 0 Å². The van der Waals surface area contributed by atoms with Crippen LogP contribution in [0.25, 0.3) is 0 Å². The Kier molecular flexibility index (Phi) is 6.06. The van der Waals surface area contributed by atoms with Crippen molar-refractivity contribution in [1.29, 1.82) is 0 Å². The standard InChI is InChI=1S/C12H20O3/c1-8(10(3)14)7-12(11(4)15)6-5-9(2)13/h8,12H,5-7H2,1-4H3. The summed E-state index contributed by atoms with van der Waals surface area (Å²) in [5, 5.41) is 0. The Morgan fingerprint density at radius 2 is 1.53 bits per heavy atom. The Labute approximate surface area is 91.2 Å². The minimum Gasteiger partial charge on any atom is -0.300 e. The molecule has 0 aromatic heterocycles. The highest BCUT2D eigenvalue weighted by atomic mass is 16.1. The third-order valence-electron chi connectivity index (χ3n) is 2.75. The van der Waals surface area contributed by atoms with Gasteiger partial charge in [0.2, 0.25) is 0 Å². The fourth-order valence-corrected chi connectivity index (χ4v) is 1.46. The molecule has 0 spiro atoms. The Bertz CT molecular complexity index is 256. The van der Waals surface area contributed by atoms with Crippen molar-refractivity contribution in [1.82, 2.24) is 0 Å². The van der Waals surface area contributed by atoms with Gasteiger partial charge in [-0.05, 0) is 33.6 Å². The molecule has 15 heavy (non-hydrogen) atoms. The van der Waals surface area contributed by atoms with Gasteiger partial charge in [-0.1, -0.05) is 6.92 Å². The lowest BCUT2D eigenvalue weighted by molar-refractivity contribution is -0.123. The summed E-state index contributed by atoms with van der Waals surface area (Å²) < 4.78 is 0. The highest BCUT2D eigenvalue weighted by Gasteiger charge is 2.20. The molecule has 0 aliphatic rings. The highest BCUT2D eigenvalue weighted by Crippen LogP contribution is 2.19. The summed E-state index contributed by atoms with van der Waals surface area (Å²) in [6.07, 6.45) is 1.56. The first kappa shape index (κ1) is 14.0. The van der Waals surface area contributed by atoms with Crippen LogP contribution in [0, 0.1) is 11.8 Å². The lowest BCUT2D eigenvalue weighted by atomic mass is 9.87. The van der Waals surface area contributed by atoms with E-state index in [1.807, 2.05) is 6.92 Å². The minimum atomic E-state index is -0.146. The van der Waals surface area contributed by atoms with Crippen molar-refractivity contribution in [2.24, 2.45) is 11.8 Å². The quantitative estimate of drug-likeness (QED) is 0.650. The van der Waals surface area contributed by atoms with Crippen LogP contribution in [0.3, 0.4) is 0 Å². The van der Waals surface area contributed by atoms with Crippen molar-refractivity contribution in [3.05, 3.63) is 0 Å². The van der Waals surface area contributed by atoms with E-state index in [0.29, 0.717) is 19.3 Å². The average molecular weight is 212 g/mol. The molecule has 0 aliphatic heterocycles. The number of ketones is 3. The zero-order chi connectivity index (χ0) is 12.0. The van der Waals surface area contributed by atoms with Crippen LogP contribution in [0.15, 0.2) is 0 Å². The van der Waals surface area contributed by atoms with Gasteiger partial charge < -0.3 is 4.79 Å². The molecule has 0 bridgehead atoms. The smallest absolute Gasteiger partial charge is 0.132 e. The van der Waals surface area contributed by atoms with E-state index < -0.39 is 0 Å². The molecule has 86 valence electrons. The topological polar surface area (TPSA) is 51.2 Å². The number of rotatable bonds is 7. The predicted molar refractivity (Wildman–Crippen MR) is 58.5 cm³/mol. The summed E-state index contributed by atoms with van der Waals surface area (Å²) in [5.74, 6) is 0.0313. The first-order chi connectivity index (χ1) is 6.84. The lowest BCUT2D eigenvalue weighted by Crippen LogP contribution is -2.19. The van der Waals surface area contributed by atoms with Gasteiger partial charge in [0.05, 0.1) is 0 Å². The number of carbonyl (C=O) groups excluding carboxylic acids is 3. The fraction of sp³-hybridized carbons (Fsp3) is 0.750. The second-order valence-electron chi connectivity index (χ2n) is 4.30. The third kappa shape index (κ3) is 6.15. The van der Waals surface area contributed by atoms with Crippen molar-refractivity contribution < 1.29 is 14.4 Å². The second kappa shape index (κ2) is 6.49. The molecule has 0 aliphatic carbocycles. The van der Waals surface area contributed by atoms with E-state index in [1.165, 1.54) is 20.8 Å². The number of hydrogen-bond acceptors (Lipinski definition) is 3. The van der Waals surface area contributed by atoms with Gasteiger partial charge in [0.1, 0.15) is 17.3 Å². The average Bonchev–Trinajstić information content (AvgIpc) is 2.10. The zero-order valence-corrected chi connectivity index (χ0v) is 10.0. The Morgan fingerprint density at radius 1 is 1.00 bits per heavy atom. The Hall–Kier alpha value is -0.990. The Morgan fingerprint density at radius 3 is 1.87 bits per heavy atom. The number of Topliss-reactive ketones (excluding diaryl/α,β-unsaturated/α-hetero) is 3. The summed E-state index contributed by atoms with van der Waals surface area (Å²) in [6, 6.07) is 0. The molecule has 3 heteroatoms. The van der Waals surface area contributed by atoms with E-state index in [4.69, 9.17) is 0 Å². The normalized spacial score (nSPS) is 14.4. The van der Waals surface area contributed by atoms with Gasteiger partial charge in [-0.25, -0.2) is 0 Å². The van der Waals surface area contributed by atoms with Crippen LogP contribution in [0.5, 0.6) is 0 Å². The first-order valence-electron chi connectivity index (χ1n) is 5.35. The molecule has 2 unspecified atom stereocenters. The van der Waals surface area contributed by atoms with E-state index in [2.05, 4.69) is 0 Å². The van der Waals surface area contributed by atoms with E-state index in [9.17, 15) is 14.4 Å². The van der Waals surface area contributed by atoms with Crippen molar-refractivity contribution in [2.45, 2.75) is 47.0 Å². The molecule has 3 nitrogen and oxygen atoms in total. The number of carbonyl (C=O) groups is 3. The molecule has 2 atom stereocenters. The van der Waals surface area contributed by atoms with E-state index in [0.717, 1.165) is 0 Å². The Balaban J connectivity index is 4.22. The largest absolute Gasteiger partial charge is 0.300 e. The van der Waals surface area contributed by atoms with Crippen molar-refractivity contribution >= 4 is 17.3 Å². The van der Waals surface area contributed by atoms with Gasteiger partial charge in [-0.3, -0.25) is 9.59 Å². The van der Waals surface area contributed by atoms with E-state index in [1.54, 1.807) is 0 Å². The molecule has 0 saturated heterocycles. The highest BCUT2D eigenvalue weighted by molar-refractivity contribution is 5.82. The summed E-state index contributed by atoms with van der Waals surface area (Å²) in [6.45, 7) is 6.40. The van der Waals surface area contributed by atoms with Gasteiger partial charge in [-0.15, -0.1) is 0 Å². The van der Waals surface area contributed by atoms with Crippen LogP contribution in [0.2, 0.25) is 0 Å². The summed E-state index contributed by atoms with van der Waals surface area (Å²) >= 11 is 0. The van der Waals surface area contributed by atoms with Crippen molar-refractivity contribution in [3.8, 4) is 0 Å². The molecule has 0 saturated carbocycles. The molecule has 0 aromatic rings. The lowest BCUT2D eigenvalue weighted by Gasteiger charge is -2.16. The van der Waals surface area contributed by atoms with Crippen LogP contribution in [0.4, 0.5) is 0 Å². The van der Waals surface area contributed by atoms with Crippen LogP contribution in [-0.2, 0) is 14.4 Å². The van der Waals surface area contributed by atoms with Crippen LogP contribution < -0.4 is 0 Å². The molecule has 0 fully saturated rings. The third-order valence-corrected chi connectivity index (χ3v) is 2.75. The number of hydrogen-bond donors (Lipinski definition) is 0. The first-order valence-corrected chi connectivity index (χ1v) is 5.35. The molecule has 0 amide bonds. The van der Waals surface area contributed by atoms with Gasteiger partial charge in [0, 0.05) is 18.3 Å². The summed E-state index contributed by atoms with van der Waals surface area (Å²) in [7, 11) is 0. The molecule has 0 heterocycles. The SMILES string of the molecule is CC(=O)CCC(CC(C)C(C)=O)C(C)=O. The predicted octanol–water partition coefficient (Wildman–Crippen LogP) is 2.18. The van der Waals surface area contributed by atoms with Crippen molar-refractivity contribution in [3.63, 3.8) is 0 Å². The van der Waals surface area contributed by atoms with Crippen LogP contribution >= 0.6 is 0 Å². The molecule has 0 aromatic carbocycles. The van der Waals surface area contributed by atoms with Crippen LogP contribution in [0.1, 0.15) is 47.0 Å². The molecule has 0 N–H and O–H groups in total. The van der Waals surface area contributed by atoms with Gasteiger partial charge in [0.25, 0.3) is 0 Å². The molecular weight excluding hydrogens is 192 g/mol. The summed E-state index contributed by atoms with van der Waals surface area (Å²) in [5.41, 5.74) is 0. The maximum Gasteiger partial charge on any atom is 0.132 e. The summed E-state index contributed by atoms with van der Waals surface area (Å²) in [4.78, 5) is 33.2. The van der Waals surface area contributed by atoms with Gasteiger partial charge in [-0.2, -0.15) is 0 Å². The fourth-order valence-electron chi connectivity index (χ4n) is 1.46. The molecule has 0 rings (SSSR count). The maximum absolute atomic E-state index is 11.3. The molecular formula is C12H20O3. The van der Waals surface area contributed by atoms with Gasteiger partial charge in [0.15, 0.2) is 0 Å². The monoisotopic (exact) mass is 212 g/mol. The second-order valence-corrected chi connectivity index (χ2v) is 4.30. The zero-order valence-electron chi connectivity index (χ0n) is 10.0. The molecule has 0 radical (unpaired) electrons. The van der Waals surface area contributed by atoms with E-state index in [-0.39, 0.29) is 29.2 Å². The maximum atomic E-state index is 11.3. The van der Waals surface area contributed by atoms with E-state index >= 15 is 0 Å². The van der Waals surface area contributed by atoms with Crippen molar-refractivity contribution in [2.75, 3.05) is 0 Å².